The molecule has 0 bridgehead atoms. The number of carbonyl (C=O) groups excluding carboxylic acids is 1. The molecule has 4 nitrogen and oxygen atoms in total. The van der Waals surface area contributed by atoms with Crippen LogP contribution in [0.4, 0.5) is 5.69 Å². The lowest BCUT2D eigenvalue weighted by atomic mass is 9.77. The molecule has 0 saturated carbocycles. The molecule has 3 aromatic rings. The van der Waals surface area contributed by atoms with E-state index in [0.717, 1.165) is 50.0 Å². The maximum atomic E-state index is 13.0. The van der Waals surface area contributed by atoms with E-state index < -0.39 is 5.60 Å². The van der Waals surface area contributed by atoms with Gasteiger partial charge in [0.1, 0.15) is 11.5 Å². The summed E-state index contributed by atoms with van der Waals surface area (Å²) in [5, 5.41) is 0. The first-order chi connectivity index (χ1) is 14.9. The third-order valence-electron chi connectivity index (χ3n) is 6.16. The second-order valence-electron chi connectivity index (χ2n) is 7.79. The number of ether oxygens (including phenoxy) is 2. The van der Waals surface area contributed by atoms with E-state index in [0.29, 0.717) is 17.1 Å². The molecule has 0 N–H and O–H groups in total. The van der Waals surface area contributed by atoms with Crippen LogP contribution in [0.15, 0.2) is 57.5 Å². The highest BCUT2D eigenvalue weighted by atomic mass is 79.9. The highest BCUT2D eigenvalue weighted by Gasteiger charge is 2.53. The lowest BCUT2D eigenvalue weighted by molar-refractivity contribution is 0.0224. The minimum absolute atomic E-state index is 0.324. The number of rotatable bonds is 3. The van der Waals surface area contributed by atoms with Crippen molar-refractivity contribution in [2.24, 2.45) is 0 Å². The number of benzene rings is 3. The molecule has 6 heteroatoms. The fourth-order valence-electron chi connectivity index (χ4n) is 4.60. The molecule has 1 unspecified atom stereocenters. The number of halogens is 2. The van der Waals surface area contributed by atoms with Crippen molar-refractivity contribution in [1.82, 2.24) is 0 Å². The van der Waals surface area contributed by atoms with Crippen molar-refractivity contribution in [2.75, 3.05) is 18.0 Å². The number of fused-ring (bicyclic) bond motifs is 6. The second-order valence-corrected chi connectivity index (χ2v) is 9.50. The normalized spacial score (nSPS) is 18.2. The van der Waals surface area contributed by atoms with E-state index in [1.54, 1.807) is 0 Å². The number of carbonyl (C=O) groups is 1. The highest BCUT2D eigenvalue weighted by Crippen LogP contribution is 2.58. The Hall–Kier alpha value is -2.31. The Balaban J connectivity index is 1.85. The van der Waals surface area contributed by atoms with Gasteiger partial charge in [0, 0.05) is 44.8 Å². The molecule has 31 heavy (non-hydrogen) atoms. The fourth-order valence-corrected chi connectivity index (χ4v) is 5.54. The molecule has 3 aromatic carbocycles. The van der Waals surface area contributed by atoms with Gasteiger partial charge in [0.15, 0.2) is 5.60 Å². The summed E-state index contributed by atoms with van der Waals surface area (Å²) >= 11 is 7.41. The molecular formula is C25H21Br2NO3. The van der Waals surface area contributed by atoms with E-state index >= 15 is 0 Å². The molecule has 0 aliphatic carbocycles. The largest absolute Gasteiger partial charge is 0.456 e. The smallest absolute Gasteiger partial charge is 0.340 e. The summed E-state index contributed by atoms with van der Waals surface area (Å²) in [6.45, 7) is 8.03. The summed E-state index contributed by atoms with van der Waals surface area (Å²) < 4.78 is 14.5. The zero-order valence-electron chi connectivity index (χ0n) is 17.5. The first kappa shape index (κ1) is 20.6. The van der Waals surface area contributed by atoms with E-state index in [-0.39, 0.29) is 5.97 Å². The summed E-state index contributed by atoms with van der Waals surface area (Å²) in [5.74, 6) is 1.07. The zero-order valence-corrected chi connectivity index (χ0v) is 20.6. The van der Waals surface area contributed by atoms with E-state index in [4.69, 9.17) is 9.47 Å². The van der Waals surface area contributed by atoms with Gasteiger partial charge in [-0.05, 0) is 66.5 Å². The summed E-state index contributed by atoms with van der Waals surface area (Å²) in [5.41, 5.74) is 4.10. The lowest BCUT2D eigenvalue weighted by Crippen LogP contribution is -2.33. The van der Waals surface area contributed by atoms with Crippen LogP contribution in [0, 0.1) is 6.92 Å². The molecule has 158 valence electrons. The van der Waals surface area contributed by atoms with Crippen molar-refractivity contribution in [1.29, 1.82) is 0 Å². The topological polar surface area (TPSA) is 38.8 Å². The Morgan fingerprint density at radius 2 is 1.55 bits per heavy atom. The molecule has 2 aliphatic heterocycles. The van der Waals surface area contributed by atoms with Crippen molar-refractivity contribution in [2.45, 2.75) is 26.4 Å². The molecule has 1 spiro atoms. The minimum atomic E-state index is -1.06. The van der Waals surface area contributed by atoms with Crippen LogP contribution >= 0.6 is 31.9 Å². The SMILES string of the molecule is CCN(CC)c1cc2c(cc1Br)C1(OC(=O)c3ccccc31)c1cc(Br)c(C)cc1O2. The number of hydrogen-bond donors (Lipinski definition) is 0. The first-order valence-corrected chi connectivity index (χ1v) is 11.9. The summed E-state index contributed by atoms with van der Waals surface area (Å²) in [6.07, 6.45) is 0. The Morgan fingerprint density at radius 1 is 0.903 bits per heavy atom. The Bertz CT molecular complexity index is 1240. The molecule has 0 fully saturated rings. The maximum absolute atomic E-state index is 13.0. The van der Waals surface area contributed by atoms with Gasteiger partial charge in [-0.3, -0.25) is 0 Å². The Labute approximate surface area is 198 Å². The average molecular weight is 543 g/mol. The van der Waals surface area contributed by atoms with Gasteiger partial charge in [0.25, 0.3) is 0 Å². The van der Waals surface area contributed by atoms with Crippen molar-refractivity contribution < 1.29 is 14.3 Å². The third kappa shape index (κ3) is 2.88. The Morgan fingerprint density at radius 3 is 2.26 bits per heavy atom. The fraction of sp³-hybridized carbons (Fsp3) is 0.240. The highest BCUT2D eigenvalue weighted by molar-refractivity contribution is 9.11. The summed E-state index contributed by atoms with van der Waals surface area (Å²) in [6, 6.07) is 15.7. The van der Waals surface area contributed by atoms with Crippen LogP contribution in [0.2, 0.25) is 0 Å². The number of hydrogen-bond acceptors (Lipinski definition) is 4. The molecule has 0 radical (unpaired) electrons. The van der Waals surface area contributed by atoms with Gasteiger partial charge >= 0.3 is 5.97 Å². The summed E-state index contributed by atoms with van der Waals surface area (Å²) in [4.78, 5) is 15.2. The van der Waals surface area contributed by atoms with Gasteiger partial charge in [-0.15, -0.1) is 0 Å². The second kappa shape index (κ2) is 7.38. The number of esters is 1. The van der Waals surface area contributed by atoms with Crippen molar-refractivity contribution in [3.8, 4) is 11.5 Å². The van der Waals surface area contributed by atoms with Gasteiger partial charge in [0.05, 0.1) is 11.3 Å². The first-order valence-electron chi connectivity index (χ1n) is 10.3. The van der Waals surface area contributed by atoms with Crippen molar-refractivity contribution in [3.63, 3.8) is 0 Å². The Kier molecular flexibility index (Phi) is 4.90. The van der Waals surface area contributed by atoms with Gasteiger partial charge < -0.3 is 14.4 Å². The van der Waals surface area contributed by atoms with E-state index in [9.17, 15) is 4.79 Å². The minimum Gasteiger partial charge on any atom is -0.456 e. The quantitative estimate of drug-likeness (QED) is 0.336. The molecule has 2 heterocycles. The molecule has 1 atom stereocenters. The summed E-state index contributed by atoms with van der Waals surface area (Å²) in [7, 11) is 0. The van der Waals surface area contributed by atoms with Crippen LogP contribution in [0.1, 0.15) is 46.5 Å². The molecule has 0 amide bonds. The van der Waals surface area contributed by atoms with Crippen LogP contribution in [-0.2, 0) is 10.3 Å². The zero-order chi connectivity index (χ0) is 21.9. The van der Waals surface area contributed by atoms with E-state index in [1.807, 2.05) is 55.5 Å². The van der Waals surface area contributed by atoms with Gasteiger partial charge in [-0.25, -0.2) is 4.79 Å². The molecule has 5 rings (SSSR count). The molecule has 2 aliphatic rings. The van der Waals surface area contributed by atoms with E-state index in [1.165, 1.54) is 0 Å². The van der Waals surface area contributed by atoms with Crippen molar-refractivity contribution in [3.05, 3.63) is 85.3 Å². The lowest BCUT2D eigenvalue weighted by Gasteiger charge is -2.38. The van der Waals surface area contributed by atoms with Crippen molar-refractivity contribution >= 4 is 43.5 Å². The predicted octanol–water partition coefficient (Wildman–Crippen LogP) is 6.93. The van der Waals surface area contributed by atoms with Crippen LogP contribution in [-0.4, -0.2) is 19.1 Å². The maximum Gasteiger partial charge on any atom is 0.340 e. The number of aryl methyl sites for hydroxylation is 1. The van der Waals surface area contributed by atoms with Crippen LogP contribution < -0.4 is 9.64 Å². The van der Waals surface area contributed by atoms with Crippen LogP contribution in [0.3, 0.4) is 0 Å². The predicted molar refractivity (Wildman–Crippen MR) is 128 cm³/mol. The molecule has 0 saturated heterocycles. The van der Waals surface area contributed by atoms with Gasteiger partial charge in [-0.2, -0.15) is 0 Å². The van der Waals surface area contributed by atoms with Crippen LogP contribution in [0.5, 0.6) is 11.5 Å². The monoisotopic (exact) mass is 541 g/mol. The third-order valence-corrected chi connectivity index (χ3v) is 7.65. The number of anilines is 1. The standard InChI is InChI=1S/C25H21Br2NO3/c1-4-28(5-2)21-13-23-18(12-20(21)27)25(16-9-7-6-8-15(16)24(29)31-25)17-11-19(26)14(3)10-22(17)30-23/h6-13H,4-5H2,1-3H3. The average Bonchev–Trinajstić information content (AvgIpc) is 3.05. The van der Waals surface area contributed by atoms with Gasteiger partial charge in [0.2, 0.25) is 0 Å². The van der Waals surface area contributed by atoms with E-state index in [2.05, 4.69) is 50.6 Å². The molecule has 0 aromatic heterocycles. The van der Waals surface area contributed by atoms with Gasteiger partial charge in [-0.1, -0.05) is 34.1 Å². The van der Waals surface area contributed by atoms with Crippen LogP contribution in [0.25, 0.3) is 0 Å². The number of nitrogens with zero attached hydrogens (tertiary/aromatic N) is 1. The molecular weight excluding hydrogens is 522 g/mol.